The summed E-state index contributed by atoms with van der Waals surface area (Å²) in [5, 5.41) is 45.3. The van der Waals surface area contributed by atoms with Crippen LogP contribution in [0.1, 0.15) is 80.9 Å². The van der Waals surface area contributed by atoms with E-state index in [2.05, 4.69) is 63.2 Å². The molecule has 3 aromatic rings. The third kappa shape index (κ3) is 31.0. The van der Waals surface area contributed by atoms with E-state index in [1.807, 2.05) is 0 Å². The smallest absolute Gasteiger partial charge is 0.245 e. The number of guanidine groups is 2. The number of unbranched alkanes of at least 4 members (excludes halogenated alkanes) is 2. The zero-order valence-electron chi connectivity index (χ0n) is 52.6. The van der Waals surface area contributed by atoms with Gasteiger partial charge in [-0.1, -0.05) is 91.0 Å². The summed E-state index contributed by atoms with van der Waals surface area (Å²) < 4.78 is 0. The molecule has 94 heavy (non-hydrogen) atoms. The van der Waals surface area contributed by atoms with Crippen molar-refractivity contribution in [1.29, 1.82) is 0 Å². The number of aliphatic hydroxyl groups is 2. The summed E-state index contributed by atoms with van der Waals surface area (Å²) in [6.07, 6.45) is 1.74. The van der Waals surface area contributed by atoms with Crippen LogP contribution in [0.25, 0.3) is 0 Å². The lowest BCUT2D eigenvalue weighted by Crippen LogP contribution is -2.60. The standard InChI is InChI=1S/C61H94N20O13/c62-26-12-10-22-41(76-54(89)42(23-11-13-27-63)77-55(90)43(24-14-28-70-60(66)67)75-52(87)40(64)35-82)53(88)73-33-49(84)72-34-50(85)74-46(31-38-18-6-2-7-19-38)57(92)81-48(36-83)59(94)80-47(32-39-20-8-3-9-21-39)58(93)78-44(25-15-29-71-61(68)69)56(91)79-45(51(65)86)30-37-16-4-1-5-17-37/h1-9,16-21,40-48,82-83H,10-15,22-36,62-64H2,(H2,65,86)(H,72,84)(H,73,88)(H,74,85)(H,75,87)(H,76,89)(H,77,90)(H,78,93)(H,79,91)(H,80,94)(H,81,92)(H4,66,67,70)(H4,68,69,71)/t40-,41-,42-,43-,44-,45-,46-,47-,48-/m0/s1. The number of nitrogens with zero attached hydrogens (tertiary/aromatic N) is 2. The highest BCUT2D eigenvalue weighted by Crippen LogP contribution is 2.12. The van der Waals surface area contributed by atoms with Crippen LogP contribution >= 0.6 is 0 Å². The van der Waals surface area contributed by atoms with Gasteiger partial charge >= 0.3 is 0 Å². The molecule has 0 heterocycles. The van der Waals surface area contributed by atoms with Crippen molar-refractivity contribution in [1.82, 2.24) is 53.2 Å². The normalized spacial score (nSPS) is 13.7. The fourth-order valence-electron chi connectivity index (χ4n) is 9.23. The van der Waals surface area contributed by atoms with E-state index in [0.717, 1.165) is 0 Å². The molecule has 3 aromatic carbocycles. The van der Waals surface area contributed by atoms with E-state index < -0.39 is 146 Å². The number of nitrogens with one attached hydrogen (secondary N) is 10. The van der Waals surface area contributed by atoms with E-state index in [-0.39, 0.29) is 95.9 Å². The van der Waals surface area contributed by atoms with Crippen LogP contribution in [0.4, 0.5) is 0 Å². The lowest BCUT2D eigenvalue weighted by Gasteiger charge is -2.27. The summed E-state index contributed by atoms with van der Waals surface area (Å²) >= 11 is 0. The number of benzene rings is 3. The van der Waals surface area contributed by atoms with Crippen molar-refractivity contribution < 1.29 is 63.0 Å². The van der Waals surface area contributed by atoms with Crippen LogP contribution in [0.3, 0.4) is 0 Å². The molecule has 0 aliphatic rings. The molecule has 33 heteroatoms. The zero-order valence-corrected chi connectivity index (χ0v) is 52.6. The molecule has 0 bridgehead atoms. The van der Waals surface area contributed by atoms with Crippen molar-refractivity contribution in [3.05, 3.63) is 108 Å². The predicted octanol–water partition coefficient (Wildman–Crippen LogP) is -7.01. The largest absolute Gasteiger partial charge is 0.394 e. The van der Waals surface area contributed by atoms with Crippen LogP contribution in [0, 0.1) is 0 Å². The SMILES string of the molecule is NCCCC[C@H](NC(=O)[C@H](CCCCN)NC(=O)[C@H](CCCN=C(N)N)NC(=O)[C@@H](N)CO)C(=O)NCC(=O)NCC(=O)N[C@@H](Cc1ccccc1)C(=O)N[C@@H](CO)C(=O)N[C@@H](Cc1ccccc1)C(=O)N[C@@H](CCCN=C(N)N)C(=O)N[C@@H](Cc1ccccc1)C(N)=O. The fraction of sp³-hybridized carbons (Fsp3) is 0.492. The Morgan fingerprint density at radius 1 is 0.362 bits per heavy atom. The Morgan fingerprint density at radius 3 is 1.09 bits per heavy atom. The van der Waals surface area contributed by atoms with Gasteiger partial charge in [-0.25, -0.2) is 0 Å². The molecule has 516 valence electrons. The van der Waals surface area contributed by atoms with E-state index in [0.29, 0.717) is 42.4 Å². The van der Waals surface area contributed by atoms with Gasteiger partial charge in [0, 0.05) is 32.4 Å². The molecule has 0 saturated carbocycles. The molecule has 11 amide bonds. The van der Waals surface area contributed by atoms with Crippen molar-refractivity contribution in [2.75, 3.05) is 52.5 Å². The maximum absolute atomic E-state index is 14.3. The summed E-state index contributed by atoms with van der Waals surface area (Å²) in [7, 11) is 0. The number of amides is 11. The third-order valence-corrected chi connectivity index (χ3v) is 14.3. The second-order valence-electron chi connectivity index (χ2n) is 22.0. The van der Waals surface area contributed by atoms with Gasteiger partial charge < -0.3 is 109 Å². The minimum absolute atomic E-state index is 0.00599. The minimum Gasteiger partial charge on any atom is -0.394 e. The number of aliphatic imine (C=N–C) groups is 2. The Kier molecular flexibility index (Phi) is 36.6. The fourth-order valence-corrected chi connectivity index (χ4v) is 9.23. The van der Waals surface area contributed by atoms with Crippen molar-refractivity contribution in [2.24, 2.45) is 55.9 Å². The predicted molar refractivity (Wildman–Crippen MR) is 349 cm³/mol. The monoisotopic (exact) mass is 1310 g/mol. The van der Waals surface area contributed by atoms with Crippen LogP contribution in [0.15, 0.2) is 101 Å². The highest BCUT2D eigenvalue weighted by atomic mass is 16.3. The molecule has 0 saturated heterocycles. The van der Waals surface area contributed by atoms with Gasteiger partial charge in [0.1, 0.15) is 54.4 Å². The first-order valence-corrected chi connectivity index (χ1v) is 30.8. The Balaban J connectivity index is 1.77. The summed E-state index contributed by atoms with van der Waals surface area (Å²) in [6, 6.07) is 13.3. The number of nitrogens with two attached hydrogens (primary N) is 8. The molecule has 0 fully saturated rings. The minimum atomic E-state index is -1.74. The number of carbonyl (C=O) groups excluding carboxylic acids is 11. The number of hydrogen-bond donors (Lipinski definition) is 20. The van der Waals surface area contributed by atoms with Gasteiger partial charge in [0.15, 0.2) is 11.9 Å². The topological polar surface area (TPSA) is 581 Å². The first-order chi connectivity index (χ1) is 45.0. The molecular formula is C61H94N20O13. The van der Waals surface area contributed by atoms with Gasteiger partial charge in [0.2, 0.25) is 65.0 Å². The maximum Gasteiger partial charge on any atom is 0.245 e. The van der Waals surface area contributed by atoms with Gasteiger partial charge in [0.25, 0.3) is 0 Å². The van der Waals surface area contributed by atoms with Gasteiger partial charge in [-0.05, 0) is 94.0 Å². The first kappa shape index (κ1) is 78.4. The van der Waals surface area contributed by atoms with Crippen LogP contribution in [-0.4, -0.2) is 194 Å². The van der Waals surface area contributed by atoms with Crippen molar-refractivity contribution in [2.45, 2.75) is 138 Å². The number of aliphatic hydroxyl groups excluding tert-OH is 2. The van der Waals surface area contributed by atoms with Crippen LogP contribution in [0.2, 0.25) is 0 Å². The second kappa shape index (κ2) is 43.8. The Labute approximate surface area is 545 Å². The highest BCUT2D eigenvalue weighted by Gasteiger charge is 2.34. The molecule has 33 nitrogen and oxygen atoms in total. The van der Waals surface area contributed by atoms with Gasteiger partial charge in [-0.3, -0.25) is 62.7 Å². The third-order valence-electron chi connectivity index (χ3n) is 14.3. The van der Waals surface area contributed by atoms with Gasteiger partial charge in [-0.2, -0.15) is 0 Å². The highest BCUT2D eigenvalue weighted by molar-refractivity contribution is 5.98. The van der Waals surface area contributed by atoms with Crippen molar-refractivity contribution >= 4 is 76.9 Å². The van der Waals surface area contributed by atoms with Crippen molar-refractivity contribution in [3.8, 4) is 0 Å². The van der Waals surface area contributed by atoms with Gasteiger partial charge in [0.05, 0.1) is 26.3 Å². The summed E-state index contributed by atoms with van der Waals surface area (Å²) in [5.41, 5.74) is 46.5. The first-order valence-electron chi connectivity index (χ1n) is 30.8. The molecule has 9 atom stereocenters. The molecule has 0 unspecified atom stereocenters. The molecule has 3 rings (SSSR count). The average Bonchev–Trinajstić information content (AvgIpc) is 1.23. The molecular weight excluding hydrogens is 1220 g/mol. The van der Waals surface area contributed by atoms with E-state index in [9.17, 15) is 63.0 Å². The van der Waals surface area contributed by atoms with E-state index in [1.165, 1.54) is 0 Å². The number of hydrogen-bond acceptors (Lipinski definition) is 18. The lowest BCUT2D eigenvalue weighted by molar-refractivity contribution is -0.135. The second-order valence-corrected chi connectivity index (χ2v) is 22.0. The number of carbonyl (C=O) groups is 11. The molecule has 28 N–H and O–H groups in total. The Hall–Kier alpha value is -9.83. The van der Waals surface area contributed by atoms with Gasteiger partial charge in [-0.15, -0.1) is 0 Å². The van der Waals surface area contributed by atoms with E-state index >= 15 is 0 Å². The van der Waals surface area contributed by atoms with Crippen LogP contribution in [-0.2, 0) is 72.0 Å². The maximum atomic E-state index is 14.3. The van der Waals surface area contributed by atoms with Crippen LogP contribution < -0.4 is 99.0 Å². The molecule has 0 aromatic heterocycles. The zero-order chi connectivity index (χ0) is 69.4. The quantitative estimate of drug-likeness (QED) is 0.0142. The summed E-state index contributed by atoms with van der Waals surface area (Å²) in [5.74, 6) is -9.94. The Morgan fingerprint density at radius 2 is 0.691 bits per heavy atom. The molecule has 0 aliphatic carbocycles. The molecule has 0 radical (unpaired) electrons. The Bertz CT molecular complexity index is 2960. The summed E-state index contributed by atoms with van der Waals surface area (Å²) in [6.45, 7) is -2.51. The van der Waals surface area contributed by atoms with E-state index in [4.69, 9.17) is 45.9 Å². The number of primary amides is 1. The molecule has 0 aliphatic heterocycles. The average molecular weight is 1320 g/mol. The number of rotatable bonds is 45. The lowest BCUT2D eigenvalue weighted by atomic mass is 10.0. The summed E-state index contributed by atoms with van der Waals surface area (Å²) in [4.78, 5) is 158. The molecule has 0 spiro atoms. The van der Waals surface area contributed by atoms with E-state index in [1.54, 1.807) is 91.0 Å². The van der Waals surface area contributed by atoms with Crippen molar-refractivity contribution in [3.63, 3.8) is 0 Å². The van der Waals surface area contributed by atoms with Crippen LogP contribution in [0.5, 0.6) is 0 Å².